The summed E-state index contributed by atoms with van der Waals surface area (Å²) in [5.74, 6) is -0.337. The highest BCUT2D eigenvalue weighted by Gasteiger charge is 2.18. The lowest BCUT2D eigenvalue weighted by Crippen LogP contribution is -2.29. The van der Waals surface area contributed by atoms with E-state index in [4.69, 9.17) is 0 Å². The molecule has 27 heavy (non-hydrogen) atoms. The van der Waals surface area contributed by atoms with Crippen LogP contribution in [0.25, 0.3) is 11.1 Å². The molecule has 1 heterocycles. The number of hydrogen-bond acceptors (Lipinski definition) is 3. The number of carbonyl (C=O) groups excluding carboxylic acids is 1. The number of amides is 1. The van der Waals surface area contributed by atoms with Crippen LogP contribution in [0.1, 0.15) is 23.6 Å². The number of aromatic nitrogens is 1. The Balaban J connectivity index is 1.48. The molecule has 0 unspecified atom stereocenters. The standard InChI is InChI=1S/C22H19N3O2/c1-15(23-24-21(26)14-25-11-5-4-8-22(25)27)16-9-10-20-18(12-16)13-17-6-2-3-7-19(17)20/h2-12H,13-14H2,1H3,(H,24,26)/b23-15-. The minimum Gasteiger partial charge on any atom is -0.306 e. The number of benzene rings is 2. The molecule has 0 bridgehead atoms. The molecular formula is C22H19N3O2. The van der Waals surface area contributed by atoms with E-state index in [9.17, 15) is 9.59 Å². The van der Waals surface area contributed by atoms with Gasteiger partial charge in [0.15, 0.2) is 0 Å². The number of rotatable bonds is 4. The van der Waals surface area contributed by atoms with E-state index in [1.807, 2.05) is 13.0 Å². The Morgan fingerprint density at radius 1 is 1.04 bits per heavy atom. The maximum atomic E-state index is 12.1. The molecule has 0 atom stereocenters. The highest BCUT2D eigenvalue weighted by Crippen LogP contribution is 2.36. The summed E-state index contributed by atoms with van der Waals surface area (Å²) in [5, 5.41) is 4.20. The van der Waals surface area contributed by atoms with Crippen LogP contribution in [0.4, 0.5) is 0 Å². The van der Waals surface area contributed by atoms with E-state index in [0.29, 0.717) is 0 Å². The van der Waals surface area contributed by atoms with Crippen molar-refractivity contribution in [2.24, 2.45) is 5.10 Å². The summed E-state index contributed by atoms with van der Waals surface area (Å²) in [6, 6.07) is 19.5. The second-order valence-electron chi connectivity index (χ2n) is 6.60. The molecule has 1 aromatic heterocycles. The van der Waals surface area contributed by atoms with Gasteiger partial charge in [-0.25, -0.2) is 5.43 Å². The summed E-state index contributed by atoms with van der Waals surface area (Å²) < 4.78 is 1.34. The molecule has 0 saturated carbocycles. The molecule has 1 aliphatic carbocycles. The predicted molar refractivity (Wildman–Crippen MR) is 106 cm³/mol. The van der Waals surface area contributed by atoms with E-state index in [0.717, 1.165) is 17.7 Å². The van der Waals surface area contributed by atoms with Crippen LogP contribution in [-0.4, -0.2) is 16.2 Å². The number of fused-ring (bicyclic) bond motifs is 3. The van der Waals surface area contributed by atoms with Crippen molar-refractivity contribution < 1.29 is 4.79 Å². The molecular weight excluding hydrogens is 338 g/mol. The summed E-state index contributed by atoms with van der Waals surface area (Å²) in [6.45, 7) is 1.80. The second-order valence-corrected chi connectivity index (χ2v) is 6.60. The topological polar surface area (TPSA) is 63.5 Å². The number of nitrogens with zero attached hydrogens (tertiary/aromatic N) is 2. The first kappa shape index (κ1) is 17.0. The zero-order valence-electron chi connectivity index (χ0n) is 15.0. The zero-order chi connectivity index (χ0) is 18.8. The van der Waals surface area contributed by atoms with Crippen LogP contribution >= 0.6 is 0 Å². The Labute approximate surface area is 157 Å². The van der Waals surface area contributed by atoms with Crippen molar-refractivity contribution >= 4 is 11.6 Å². The molecule has 0 saturated heterocycles. The maximum Gasteiger partial charge on any atom is 0.260 e. The average Bonchev–Trinajstić information content (AvgIpc) is 3.05. The zero-order valence-corrected chi connectivity index (χ0v) is 15.0. The van der Waals surface area contributed by atoms with Crippen LogP contribution in [-0.2, 0) is 17.8 Å². The molecule has 0 fully saturated rings. The fraction of sp³-hybridized carbons (Fsp3) is 0.136. The van der Waals surface area contributed by atoms with Crippen LogP contribution in [0.15, 0.2) is 76.8 Å². The summed E-state index contributed by atoms with van der Waals surface area (Å²) in [7, 11) is 0. The SMILES string of the molecule is C/C(=N/NC(=O)Cn1ccccc1=O)c1ccc2c(c1)Cc1ccccc1-2. The normalized spacial score (nSPS) is 12.4. The molecule has 0 aliphatic heterocycles. The van der Waals surface area contributed by atoms with Crippen molar-refractivity contribution in [1.82, 2.24) is 9.99 Å². The Hall–Kier alpha value is -3.47. The molecule has 5 nitrogen and oxygen atoms in total. The van der Waals surface area contributed by atoms with Gasteiger partial charge in [-0.15, -0.1) is 0 Å². The average molecular weight is 357 g/mol. The molecule has 1 aliphatic rings. The monoisotopic (exact) mass is 357 g/mol. The van der Waals surface area contributed by atoms with Gasteiger partial charge < -0.3 is 4.57 Å². The third kappa shape index (κ3) is 3.44. The van der Waals surface area contributed by atoms with Gasteiger partial charge >= 0.3 is 0 Å². The first-order chi connectivity index (χ1) is 13.1. The van der Waals surface area contributed by atoms with Gasteiger partial charge in [0, 0.05) is 12.3 Å². The van der Waals surface area contributed by atoms with Crippen LogP contribution in [0.5, 0.6) is 0 Å². The third-order valence-corrected chi connectivity index (χ3v) is 4.77. The number of nitrogens with one attached hydrogen (secondary N) is 1. The quantitative estimate of drug-likeness (QED) is 0.451. The fourth-order valence-electron chi connectivity index (χ4n) is 3.36. The molecule has 1 amide bonds. The Morgan fingerprint density at radius 3 is 2.67 bits per heavy atom. The van der Waals surface area contributed by atoms with Crippen molar-refractivity contribution in [2.75, 3.05) is 0 Å². The van der Waals surface area contributed by atoms with Gasteiger partial charge in [0.25, 0.3) is 11.5 Å². The Bertz CT molecular complexity index is 1110. The minimum absolute atomic E-state index is 0.0596. The van der Waals surface area contributed by atoms with Crippen molar-refractivity contribution in [3.05, 3.63) is 93.9 Å². The van der Waals surface area contributed by atoms with Gasteiger partial charge in [-0.1, -0.05) is 42.5 Å². The highest BCUT2D eigenvalue weighted by atomic mass is 16.2. The third-order valence-electron chi connectivity index (χ3n) is 4.77. The smallest absolute Gasteiger partial charge is 0.260 e. The highest BCUT2D eigenvalue weighted by molar-refractivity contribution is 6.00. The van der Waals surface area contributed by atoms with E-state index < -0.39 is 0 Å². The summed E-state index contributed by atoms with van der Waals surface area (Å²) >= 11 is 0. The van der Waals surface area contributed by atoms with Gasteiger partial charge in [0.2, 0.25) is 0 Å². The molecule has 0 radical (unpaired) electrons. The largest absolute Gasteiger partial charge is 0.306 e. The number of pyridine rings is 1. The first-order valence-electron chi connectivity index (χ1n) is 8.82. The Kier molecular flexibility index (Phi) is 4.42. The lowest BCUT2D eigenvalue weighted by atomic mass is 10.0. The van der Waals surface area contributed by atoms with E-state index in [2.05, 4.69) is 46.9 Å². The van der Waals surface area contributed by atoms with Gasteiger partial charge in [0.1, 0.15) is 6.54 Å². The van der Waals surface area contributed by atoms with E-state index in [1.54, 1.807) is 18.3 Å². The first-order valence-corrected chi connectivity index (χ1v) is 8.82. The summed E-state index contributed by atoms with van der Waals surface area (Å²) in [4.78, 5) is 23.7. The van der Waals surface area contributed by atoms with Crippen LogP contribution in [0.3, 0.4) is 0 Å². The molecule has 1 N–H and O–H groups in total. The van der Waals surface area contributed by atoms with Crippen LogP contribution in [0.2, 0.25) is 0 Å². The van der Waals surface area contributed by atoms with E-state index in [1.165, 1.54) is 32.9 Å². The molecule has 0 spiro atoms. The summed E-state index contributed by atoms with van der Waals surface area (Å²) in [5.41, 5.74) is 9.16. The number of hydrazone groups is 1. The lowest BCUT2D eigenvalue weighted by Gasteiger charge is -2.07. The van der Waals surface area contributed by atoms with Crippen LogP contribution in [0, 0.1) is 0 Å². The molecule has 3 aromatic rings. The van der Waals surface area contributed by atoms with Gasteiger partial charge in [-0.05, 0) is 53.3 Å². The van der Waals surface area contributed by atoms with Crippen LogP contribution < -0.4 is 11.0 Å². The Morgan fingerprint density at radius 2 is 1.81 bits per heavy atom. The molecule has 134 valence electrons. The van der Waals surface area contributed by atoms with Crippen molar-refractivity contribution in [3.8, 4) is 11.1 Å². The summed E-state index contributed by atoms with van der Waals surface area (Å²) in [6.07, 6.45) is 2.49. The van der Waals surface area contributed by atoms with E-state index in [-0.39, 0.29) is 18.0 Å². The molecule has 4 rings (SSSR count). The molecule has 5 heteroatoms. The number of hydrogen-bond donors (Lipinski definition) is 1. The second kappa shape index (κ2) is 7.03. The van der Waals surface area contributed by atoms with Crippen molar-refractivity contribution in [2.45, 2.75) is 19.9 Å². The van der Waals surface area contributed by atoms with E-state index >= 15 is 0 Å². The minimum atomic E-state index is -0.337. The van der Waals surface area contributed by atoms with Gasteiger partial charge in [-0.3, -0.25) is 9.59 Å². The van der Waals surface area contributed by atoms with Gasteiger partial charge in [0.05, 0.1) is 5.71 Å². The maximum absolute atomic E-state index is 12.1. The van der Waals surface area contributed by atoms with Crippen molar-refractivity contribution in [1.29, 1.82) is 0 Å². The van der Waals surface area contributed by atoms with Crippen molar-refractivity contribution in [3.63, 3.8) is 0 Å². The molecule has 2 aromatic carbocycles. The van der Waals surface area contributed by atoms with Gasteiger partial charge in [-0.2, -0.15) is 5.10 Å². The number of carbonyl (C=O) groups is 1. The lowest BCUT2D eigenvalue weighted by molar-refractivity contribution is -0.121. The predicted octanol–water partition coefficient (Wildman–Crippen LogP) is 2.96. The fourth-order valence-corrected chi connectivity index (χ4v) is 3.36.